The zero-order valence-electron chi connectivity index (χ0n) is 15.1. The van der Waals surface area contributed by atoms with Gasteiger partial charge in [0.05, 0.1) is 18.1 Å². The molecule has 0 saturated carbocycles. The summed E-state index contributed by atoms with van der Waals surface area (Å²) in [5.74, 6) is 0.337. The zero-order valence-corrected chi connectivity index (χ0v) is 16.7. The second kappa shape index (κ2) is 9.11. The summed E-state index contributed by atoms with van der Waals surface area (Å²) in [6, 6.07) is -0.744. The zero-order chi connectivity index (χ0) is 19.5. The Labute approximate surface area is 160 Å². The van der Waals surface area contributed by atoms with Gasteiger partial charge in [-0.3, -0.25) is 4.79 Å². The molecule has 4 N–H and O–H groups in total. The quantitative estimate of drug-likeness (QED) is 0.366. The Balaban J connectivity index is 1.88. The van der Waals surface area contributed by atoms with Crippen molar-refractivity contribution < 1.29 is 34.4 Å². The third-order valence-electron chi connectivity index (χ3n) is 4.43. The molecule has 8 nitrogen and oxygen atoms in total. The van der Waals surface area contributed by atoms with Crippen LogP contribution in [0.4, 0.5) is 0 Å². The van der Waals surface area contributed by atoms with Crippen molar-refractivity contribution in [3.8, 4) is 0 Å². The monoisotopic (exact) mass is 409 g/mol. The minimum Gasteiger partial charge on any atom is -0.461 e. The van der Waals surface area contributed by atoms with E-state index in [0.29, 0.717) is 11.5 Å². The molecule has 0 aromatic heterocycles. The first-order chi connectivity index (χ1) is 12.1. The maximum Gasteiger partial charge on any atom is 0.329 e. The average molecular weight is 410 g/mol. The minimum absolute atomic E-state index is 0.0921. The molecule has 0 radical (unpaired) electrons. The molecule has 0 aromatic carbocycles. The highest BCUT2D eigenvalue weighted by atomic mass is 33.1. The number of nitrogens with one attached hydrogen (secondary N) is 1. The Hall–Kier alpha value is -0.520. The molecule has 0 spiro atoms. The van der Waals surface area contributed by atoms with E-state index in [1.165, 1.54) is 10.8 Å². The molecule has 1 amide bonds. The molecular formula is C16H27NO7S2. The molecule has 2 fully saturated rings. The number of amides is 1. The molecule has 2 aliphatic rings. The molecule has 2 saturated heterocycles. The van der Waals surface area contributed by atoms with E-state index in [1.807, 2.05) is 13.8 Å². The van der Waals surface area contributed by atoms with E-state index in [0.717, 1.165) is 0 Å². The Morgan fingerprint density at radius 2 is 2.04 bits per heavy atom. The van der Waals surface area contributed by atoms with Crippen LogP contribution in [0.1, 0.15) is 27.2 Å². The molecular weight excluding hydrogens is 382 g/mol. The van der Waals surface area contributed by atoms with Gasteiger partial charge in [-0.2, -0.15) is 0 Å². The van der Waals surface area contributed by atoms with Crippen molar-refractivity contribution in [3.05, 3.63) is 0 Å². The van der Waals surface area contributed by atoms with Crippen molar-refractivity contribution in [3.63, 3.8) is 0 Å². The smallest absolute Gasteiger partial charge is 0.329 e. The van der Waals surface area contributed by atoms with Crippen LogP contribution in [-0.4, -0.2) is 81.9 Å². The normalized spacial score (nSPS) is 36.4. The van der Waals surface area contributed by atoms with Crippen LogP contribution in [0.3, 0.4) is 0 Å². The summed E-state index contributed by atoms with van der Waals surface area (Å²) in [4.78, 5) is 24.7. The first-order valence-corrected chi connectivity index (χ1v) is 11.0. The SMILES string of the molecule is CC(CC1OCC(O)C(O)C1O)OC(=O)C1CSSCC(C)(C)C(=O)N1. The van der Waals surface area contributed by atoms with E-state index in [2.05, 4.69) is 5.32 Å². The van der Waals surface area contributed by atoms with Gasteiger partial charge in [0.15, 0.2) is 0 Å². The minimum atomic E-state index is -1.29. The molecule has 6 unspecified atom stereocenters. The lowest BCUT2D eigenvalue weighted by atomic mass is 9.95. The Morgan fingerprint density at radius 3 is 2.73 bits per heavy atom. The van der Waals surface area contributed by atoms with Crippen molar-refractivity contribution in [1.82, 2.24) is 5.32 Å². The fourth-order valence-electron chi connectivity index (χ4n) is 2.62. The van der Waals surface area contributed by atoms with Crippen molar-refractivity contribution >= 4 is 33.5 Å². The van der Waals surface area contributed by atoms with E-state index >= 15 is 0 Å². The second-order valence-corrected chi connectivity index (χ2v) is 9.87. The third kappa shape index (κ3) is 5.49. The van der Waals surface area contributed by atoms with Crippen LogP contribution >= 0.6 is 21.6 Å². The van der Waals surface area contributed by atoms with Gasteiger partial charge in [0.1, 0.15) is 30.5 Å². The molecule has 150 valence electrons. The van der Waals surface area contributed by atoms with E-state index < -0.39 is 47.9 Å². The predicted octanol–water partition coefficient (Wildman–Crippen LogP) is -0.304. The lowest BCUT2D eigenvalue weighted by molar-refractivity contribution is -0.195. The fraction of sp³-hybridized carbons (Fsp3) is 0.875. The van der Waals surface area contributed by atoms with Crippen LogP contribution in [0.5, 0.6) is 0 Å². The summed E-state index contributed by atoms with van der Waals surface area (Å²) < 4.78 is 10.7. The third-order valence-corrected chi connectivity index (χ3v) is 7.17. The number of aliphatic hydroxyl groups excluding tert-OH is 3. The molecule has 2 heterocycles. The van der Waals surface area contributed by atoms with E-state index in [1.54, 1.807) is 17.7 Å². The van der Waals surface area contributed by atoms with Crippen molar-refractivity contribution in [2.45, 2.75) is 63.8 Å². The molecule has 0 aliphatic carbocycles. The molecule has 10 heteroatoms. The van der Waals surface area contributed by atoms with Gasteiger partial charge >= 0.3 is 5.97 Å². The van der Waals surface area contributed by atoms with Gasteiger partial charge in [-0.25, -0.2) is 4.79 Å². The number of esters is 1. The number of ether oxygens (including phenoxy) is 2. The molecule has 0 bridgehead atoms. The van der Waals surface area contributed by atoms with Gasteiger partial charge < -0.3 is 30.1 Å². The van der Waals surface area contributed by atoms with Crippen LogP contribution in [0, 0.1) is 5.41 Å². The standard InChI is InChI=1S/C16H27NO7S2/c1-8(4-11-13(20)12(19)10(18)5-23-11)24-14(21)9-6-25-26-7-16(2,3)15(22)17-9/h8-13,18-20H,4-7H2,1-3H3,(H,17,22). The molecule has 6 atom stereocenters. The molecule has 0 aromatic rings. The second-order valence-electron chi connectivity index (χ2n) is 7.36. The lowest BCUT2D eigenvalue weighted by Crippen LogP contribution is -2.54. The first kappa shape index (κ1) is 21.8. The summed E-state index contributed by atoms with van der Waals surface area (Å²) in [7, 11) is 3.06. The maximum atomic E-state index is 12.4. The topological polar surface area (TPSA) is 125 Å². The van der Waals surface area contributed by atoms with Crippen LogP contribution in [-0.2, 0) is 19.1 Å². The number of carbonyl (C=O) groups is 2. The van der Waals surface area contributed by atoms with Crippen molar-refractivity contribution in [2.24, 2.45) is 5.41 Å². The highest BCUT2D eigenvalue weighted by molar-refractivity contribution is 8.76. The van der Waals surface area contributed by atoms with Crippen molar-refractivity contribution in [2.75, 3.05) is 18.1 Å². The predicted molar refractivity (Wildman–Crippen MR) is 98.6 cm³/mol. The van der Waals surface area contributed by atoms with Gasteiger partial charge in [0, 0.05) is 17.9 Å². The average Bonchev–Trinajstić information content (AvgIpc) is 2.56. The van der Waals surface area contributed by atoms with Gasteiger partial charge in [-0.1, -0.05) is 35.4 Å². The Bertz CT molecular complexity index is 519. The summed E-state index contributed by atoms with van der Waals surface area (Å²) in [6.07, 6.45) is -4.84. The summed E-state index contributed by atoms with van der Waals surface area (Å²) >= 11 is 0. The van der Waals surface area contributed by atoms with Gasteiger partial charge in [0.25, 0.3) is 0 Å². The van der Waals surface area contributed by atoms with E-state index in [4.69, 9.17) is 9.47 Å². The summed E-state index contributed by atoms with van der Waals surface area (Å²) in [6.45, 7) is 5.22. The molecule has 2 aliphatic heterocycles. The fourth-order valence-corrected chi connectivity index (χ4v) is 5.41. The summed E-state index contributed by atoms with van der Waals surface area (Å²) in [5, 5.41) is 31.9. The van der Waals surface area contributed by atoms with Crippen molar-refractivity contribution in [1.29, 1.82) is 0 Å². The number of carbonyl (C=O) groups excluding carboxylic acids is 2. The highest BCUT2D eigenvalue weighted by Crippen LogP contribution is 2.33. The Morgan fingerprint density at radius 1 is 1.35 bits per heavy atom. The molecule has 2 rings (SSSR count). The van der Waals surface area contributed by atoms with Crippen LogP contribution < -0.4 is 5.32 Å². The maximum absolute atomic E-state index is 12.4. The van der Waals surface area contributed by atoms with Gasteiger partial charge in [-0.15, -0.1) is 0 Å². The lowest BCUT2D eigenvalue weighted by Gasteiger charge is -2.36. The summed E-state index contributed by atoms with van der Waals surface area (Å²) in [5.41, 5.74) is -0.570. The first-order valence-electron chi connectivity index (χ1n) is 8.53. The number of aliphatic hydroxyl groups is 3. The van der Waals surface area contributed by atoms with Crippen LogP contribution in [0.2, 0.25) is 0 Å². The Kier molecular flexibility index (Phi) is 7.63. The number of hydrogen-bond acceptors (Lipinski definition) is 9. The van der Waals surface area contributed by atoms with Crippen LogP contribution in [0.15, 0.2) is 0 Å². The number of hydrogen-bond donors (Lipinski definition) is 4. The van der Waals surface area contributed by atoms with E-state index in [9.17, 15) is 24.9 Å². The van der Waals surface area contributed by atoms with Crippen LogP contribution in [0.25, 0.3) is 0 Å². The molecule has 26 heavy (non-hydrogen) atoms. The number of rotatable bonds is 4. The van der Waals surface area contributed by atoms with Gasteiger partial charge in [-0.05, 0) is 6.92 Å². The highest BCUT2D eigenvalue weighted by Gasteiger charge is 2.39. The van der Waals surface area contributed by atoms with Gasteiger partial charge in [0.2, 0.25) is 5.91 Å². The largest absolute Gasteiger partial charge is 0.461 e. The van der Waals surface area contributed by atoms with E-state index in [-0.39, 0.29) is 18.9 Å².